The molecule has 1 aliphatic heterocycles. The number of hydrogen-bond acceptors (Lipinski definition) is 3. The van der Waals surface area contributed by atoms with Gasteiger partial charge in [-0.15, -0.1) is 11.8 Å². The lowest BCUT2D eigenvalue weighted by atomic mass is 9.96. The predicted octanol–water partition coefficient (Wildman–Crippen LogP) is 5.91. The second kappa shape index (κ2) is 7.68. The highest BCUT2D eigenvalue weighted by atomic mass is 79.9. The highest BCUT2D eigenvalue weighted by molar-refractivity contribution is 9.10. The van der Waals surface area contributed by atoms with Gasteiger partial charge in [-0.25, -0.2) is 4.99 Å². The molecule has 0 saturated heterocycles. The molecule has 26 heavy (non-hydrogen) atoms. The van der Waals surface area contributed by atoms with Gasteiger partial charge in [0.1, 0.15) is 0 Å². The normalized spacial score (nSPS) is 19.0. The molecule has 0 bridgehead atoms. The number of ether oxygens (including phenoxy) is 1. The van der Waals surface area contributed by atoms with E-state index in [1.165, 1.54) is 10.5 Å². The van der Waals surface area contributed by atoms with Gasteiger partial charge in [0.2, 0.25) is 5.90 Å². The van der Waals surface area contributed by atoms with Gasteiger partial charge in [-0.3, -0.25) is 0 Å². The van der Waals surface area contributed by atoms with Crippen molar-refractivity contribution in [1.29, 1.82) is 0 Å². The highest BCUT2D eigenvalue weighted by Crippen LogP contribution is 2.37. The molecule has 1 aliphatic rings. The van der Waals surface area contributed by atoms with Crippen LogP contribution >= 0.6 is 27.7 Å². The molecule has 4 rings (SSSR count). The second-order valence-electron chi connectivity index (χ2n) is 6.19. The number of aliphatic imine (C=N–C) groups is 1. The van der Waals surface area contributed by atoms with E-state index < -0.39 is 5.60 Å². The Kier molecular flexibility index (Phi) is 5.14. The lowest BCUT2D eigenvalue weighted by Crippen LogP contribution is -2.33. The molecule has 130 valence electrons. The summed E-state index contributed by atoms with van der Waals surface area (Å²) in [6.07, 6.45) is 0. The van der Waals surface area contributed by atoms with Gasteiger partial charge in [0, 0.05) is 20.7 Å². The smallest absolute Gasteiger partial charge is 0.217 e. The number of halogens is 1. The van der Waals surface area contributed by atoms with Gasteiger partial charge in [0.15, 0.2) is 5.60 Å². The summed E-state index contributed by atoms with van der Waals surface area (Å²) in [5.41, 5.74) is 1.74. The number of hydrogen-bond donors (Lipinski definition) is 0. The Bertz CT molecular complexity index is 896. The molecular weight excluding hydrogens is 406 g/mol. The zero-order valence-electron chi connectivity index (χ0n) is 14.1. The fraction of sp³-hybridized carbons (Fsp3) is 0.136. The third-order valence-corrected chi connectivity index (χ3v) is 6.12. The molecule has 0 radical (unpaired) electrons. The molecule has 0 N–H and O–H groups in total. The number of benzene rings is 3. The van der Waals surface area contributed by atoms with Crippen molar-refractivity contribution >= 4 is 33.6 Å². The maximum absolute atomic E-state index is 6.50. The molecule has 3 aromatic rings. The topological polar surface area (TPSA) is 21.6 Å². The van der Waals surface area contributed by atoms with Crippen LogP contribution in [0, 0.1) is 0 Å². The van der Waals surface area contributed by atoms with E-state index in [0.29, 0.717) is 6.54 Å². The van der Waals surface area contributed by atoms with Gasteiger partial charge < -0.3 is 4.74 Å². The van der Waals surface area contributed by atoms with Gasteiger partial charge in [0.05, 0.1) is 6.54 Å². The Morgan fingerprint density at radius 3 is 2.23 bits per heavy atom. The molecule has 0 aromatic heterocycles. The van der Waals surface area contributed by atoms with Crippen LogP contribution in [0.1, 0.15) is 11.1 Å². The fourth-order valence-corrected chi connectivity index (χ4v) is 4.29. The van der Waals surface area contributed by atoms with Crippen LogP contribution in [-0.2, 0) is 10.3 Å². The van der Waals surface area contributed by atoms with E-state index in [0.717, 1.165) is 21.7 Å². The van der Waals surface area contributed by atoms with E-state index in [4.69, 9.17) is 9.73 Å². The minimum absolute atomic E-state index is 0.440. The quantitative estimate of drug-likeness (QED) is 0.475. The standard InChI is InChI=1S/C22H18BrNOS/c23-19-13-11-17(12-14-19)21-24-15-22(25-21,18-7-3-1-4-8-18)16-26-20-9-5-2-6-10-20/h1-14H,15-16H2. The summed E-state index contributed by atoms with van der Waals surface area (Å²) in [6, 6.07) is 29.0. The van der Waals surface area contributed by atoms with E-state index in [1.807, 2.05) is 36.4 Å². The van der Waals surface area contributed by atoms with Gasteiger partial charge in [-0.05, 0) is 42.0 Å². The Labute approximate surface area is 166 Å². The van der Waals surface area contributed by atoms with Gasteiger partial charge in [-0.1, -0.05) is 64.5 Å². The molecule has 1 unspecified atom stereocenters. The van der Waals surface area contributed by atoms with E-state index >= 15 is 0 Å². The monoisotopic (exact) mass is 423 g/mol. The van der Waals surface area contributed by atoms with Crippen molar-refractivity contribution < 1.29 is 4.74 Å². The Balaban J connectivity index is 1.60. The summed E-state index contributed by atoms with van der Waals surface area (Å²) >= 11 is 5.29. The minimum atomic E-state index is -0.440. The van der Waals surface area contributed by atoms with Crippen LogP contribution in [-0.4, -0.2) is 18.2 Å². The SMILES string of the molecule is Brc1ccc(C2=NCC(CSc3ccccc3)(c3ccccc3)O2)cc1. The summed E-state index contributed by atoms with van der Waals surface area (Å²) in [5, 5.41) is 0. The zero-order valence-corrected chi connectivity index (χ0v) is 16.5. The Hall–Kier alpha value is -2.04. The molecule has 0 spiro atoms. The first-order valence-corrected chi connectivity index (χ1v) is 10.3. The molecule has 0 saturated carbocycles. The molecule has 0 fully saturated rings. The van der Waals surface area contributed by atoms with Gasteiger partial charge in [0.25, 0.3) is 0 Å². The van der Waals surface area contributed by atoms with Crippen molar-refractivity contribution in [3.63, 3.8) is 0 Å². The van der Waals surface area contributed by atoms with Crippen molar-refractivity contribution in [2.24, 2.45) is 4.99 Å². The van der Waals surface area contributed by atoms with Crippen LogP contribution in [0.15, 0.2) is 99.3 Å². The van der Waals surface area contributed by atoms with Crippen LogP contribution in [0.2, 0.25) is 0 Å². The van der Waals surface area contributed by atoms with Gasteiger partial charge >= 0.3 is 0 Å². The molecule has 2 nitrogen and oxygen atoms in total. The van der Waals surface area contributed by atoms with E-state index in [1.54, 1.807) is 11.8 Å². The maximum Gasteiger partial charge on any atom is 0.217 e. The maximum atomic E-state index is 6.50. The molecule has 0 aliphatic carbocycles. The van der Waals surface area contributed by atoms with Gasteiger partial charge in [-0.2, -0.15) is 0 Å². The average Bonchev–Trinajstić information content (AvgIpc) is 3.14. The minimum Gasteiger partial charge on any atom is -0.463 e. The summed E-state index contributed by atoms with van der Waals surface area (Å²) in [5.74, 6) is 1.53. The molecular formula is C22H18BrNOS. The third kappa shape index (κ3) is 3.71. The third-order valence-electron chi connectivity index (χ3n) is 4.38. The first-order chi connectivity index (χ1) is 12.8. The summed E-state index contributed by atoms with van der Waals surface area (Å²) in [7, 11) is 0. The predicted molar refractivity (Wildman–Crippen MR) is 112 cm³/mol. The van der Waals surface area contributed by atoms with E-state index in [9.17, 15) is 0 Å². The fourth-order valence-electron chi connectivity index (χ4n) is 2.96. The van der Waals surface area contributed by atoms with Crippen LogP contribution in [0.25, 0.3) is 0 Å². The van der Waals surface area contributed by atoms with Crippen molar-refractivity contribution in [2.45, 2.75) is 10.5 Å². The van der Waals surface area contributed by atoms with Crippen LogP contribution in [0.5, 0.6) is 0 Å². The summed E-state index contributed by atoms with van der Waals surface area (Å²) in [6.45, 7) is 0.627. The summed E-state index contributed by atoms with van der Waals surface area (Å²) in [4.78, 5) is 5.98. The lowest BCUT2D eigenvalue weighted by Gasteiger charge is -2.29. The number of thioether (sulfide) groups is 1. The Morgan fingerprint density at radius 1 is 0.885 bits per heavy atom. The number of rotatable bonds is 5. The molecule has 3 aromatic carbocycles. The average molecular weight is 424 g/mol. The van der Waals surface area contributed by atoms with Crippen molar-refractivity contribution in [3.05, 3.63) is 101 Å². The lowest BCUT2D eigenvalue weighted by molar-refractivity contribution is 0.114. The molecule has 1 heterocycles. The second-order valence-corrected chi connectivity index (χ2v) is 8.16. The number of nitrogens with zero attached hydrogens (tertiary/aromatic N) is 1. The largest absolute Gasteiger partial charge is 0.463 e. The van der Waals surface area contributed by atoms with Crippen LogP contribution in [0.4, 0.5) is 0 Å². The van der Waals surface area contributed by atoms with Crippen molar-refractivity contribution in [3.8, 4) is 0 Å². The highest BCUT2D eigenvalue weighted by Gasteiger charge is 2.40. The van der Waals surface area contributed by atoms with Crippen molar-refractivity contribution in [2.75, 3.05) is 12.3 Å². The first kappa shape index (κ1) is 17.4. The van der Waals surface area contributed by atoms with Crippen molar-refractivity contribution in [1.82, 2.24) is 0 Å². The molecule has 0 amide bonds. The Morgan fingerprint density at radius 2 is 1.54 bits per heavy atom. The first-order valence-electron chi connectivity index (χ1n) is 8.48. The zero-order chi connectivity index (χ0) is 17.8. The molecule has 1 atom stereocenters. The van der Waals surface area contributed by atoms with E-state index in [2.05, 4.69) is 64.5 Å². The molecule has 4 heteroatoms. The summed E-state index contributed by atoms with van der Waals surface area (Å²) < 4.78 is 7.55. The van der Waals surface area contributed by atoms with Crippen LogP contribution < -0.4 is 0 Å². The van der Waals surface area contributed by atoms with E-state index in [-0.39, 0.29) is 0 Å². The van der Waals surface area contributed by atoms with Crippen LogP contribution in [0.3, 0.4) is 0 Å².